The summed E-state index contributed by atoms with van der Waals surface area (Å²) >= 11 is 2.93. The van der Waals surface area contributed by atoms with Gasteiger partial charge < -0.3 is 5.32 Å². The summed E-state index contributed by atoms with van der Waals surface area (Å²) in [5.74, 6) is 0.870. The van der Waals surface area contributed by atoms with E-state index in [0.29, 0.717) is 34.7 Å². The average Bonchev–Trinajstić information content (AvgIpc) is 3.11. The van der Waals surface area contributed by atoms with Crippen LogP contribution in [0.25, 0.3) is 16.7 Å². The van der Waals surface area contributed by atoms with Gasteiger partial charge in [-0.2, -0.15) is 13.2 Å². The molecule has 0 radical (unpaired) electrons. The lowest BCUT2D eigenvalue weighted by Crippen LogP contribution is -2.23. The third-order valence-corrected chi connectivity index (χ3v) is 5.31. The lowest BCUT2D eigenvalue weighted by molar-refractivity contribution is -0.138. The second kappa shape index (κ2) is 7.18. The van der Waals surface area contributed by atoms with Gasteiger partial charge >= 0.3 is 6.18 Å². The maximum absolute atomic E-state index is 13.1. The molecule has 4 aromatic rings. The molecule has 2 aromatic carbocycles. The molecule has 2 aromatic heterocycles. The minimum Gasteiger partial charge on any atom is -0.378 e. The van der Waals surface area contributed by atoms with Crippen LogP contribution in [0.15, 0.2) is 51.7 Å². The number of alkyl halides is 3. The van der Waals surface area contributed by atoms with Crippen molar-refractivity contribution in [2.24, 2.45) is 0 Å². The quantitative estimate of drug-likeness (QED) is 0.483. The highest BCUT2D eigenvalue weighted by Gasteiger charge is 2.33. The maximum atomic E-state index is 13.1. The molecule has 150 valence electrons. The summed E-state index contributed by atoms with van der Waals surface area (Å²) in [6.45, 7) is 2.38. The first-order valence-electron chi connectivity index (χ1n) is 8.77. The highest BCUT2D eigenvalue weighted by atomic mass is 79.9. The Morgan fingerprint density at radius 3 is 2.62 bits per heavy atom. The first-order valence-corrected chi connectivity index (χ1v) is 9.56. The molecule has 0 saturated carbocycles. The molecule has 0 aliphatic rings. The van der Waals surface area contributed by atoms with Gasteiger partial charge in [0.15, 0.2) is 5.82 Å². The van der Waals surface area contributed by atoms with Crippen LogP contribution in [0.5, 0.6) is 0 Å². The highest BCUT2D eigenvalue weighted by molar-refractivity contribution is 9.10. The van der Waals surface area contributed by atoms with Gasteiger partial charge in [-0.1, -0.05) is 28.1 Å². The Morgan fingerprint density at radius 1 is 1.14 bits per heavy atom. The van der Waals surface area contributed by atoms with Gasteiger partial charge in [0, 0.05) is 16.7 Å². The van der Waals surface area contributed by atoms with Crippen molar-refractivity contribution >= 4 is 38.3 Å². The topological polar surface area (TPSA) is 64.2 Å². The number of nitrogens with zero attached hydrogens (tertiary/aromatic N) is 4. The molecule has 0 amide bonds. The van der Waals surface area contributed by atoms with Crippen LogP contribution in [0.1, 0.15) is 18.3 Å². The summed E-state index contributed by atoms with van der Waals surface area (Å²) in [6.07, 6.45) is -4.47. The predicted molar refractivity (Wildman–Crippen MR) is 107 cm³/mol. The van der Waals surface area contributed by atoms with E-state index in [-0.39, 0.29) is 16.6 Å². The number of aryl methyl sites for hydroxylation is 1. The van der Waals surface area contributed by atoms with Gasteiger partial charge in [0.1, 0.15) is 0 Å². The summed E-state index contributed by atoms with van der Waals surface area (Å²) in [5.41, 5.74) is 0.0142. The van der Waals surface area contributed by atoms with E-state index in [1.54, 1.807) is 34.7 Å². The zero-order valence-corrected chi connectivity index (χ0v) is 16.8. The average molecular weight is 466 g/mol. The van der Waals surface area contributed by atoms with Gasteiger partial charge in [-0.3, -0.25) is 13.8 Å². The second-order valence-electron chi connectivity index (χ2n) is 6.36. The van der Waals surface area contributed by atoms with Gasteiger partial charge in [0.2, 0.25) is 5.78 Å². The van der Waals surface area contributed by atoms with Crippen LogP contribution in [0, 0.1) is 0 Å². The van der Waals surface area contributed by atoms with Crippen molar-refractivity contribution < 1.29 is 13.2 Å². The van der Waals surface area contributed by atoms with Gasteiger partial charge in [-0.05, 0) is 37.3 Å². The van der Waals surface area contributed by atoms with E-state index >= 15 is 0 Å². The van der Waals surface area contributed by atoms with E-state index < -0.39 is 11.7 Å². The Morgan fingerprint density at radius 2 is 1.90 bits per heavy atom. The standard InChI is InChI=1S/C19H15BrF3N5O/c1-2-27-17(29)12-5-3-4-6-15(12)28-16(25-26-18(27)28)10-24-11-7-8-14(20)13(9-11)19(21,22)23/h3-9,24H,2,10H2,1H3. The number of aromatic nitrogens is 4. The molecule has 0 fully saturated rings. The van der Waals surface area contributed by atoms with Crippen LogP contribution in [0.2, 0.25) is 0 Å². The van der Waals surface area contributed by atoms with Crippen LogP contribution < -0.4 is 10.9 Å². The molecule has 2 heterocycles. The van der Waals surface area contributed by atoms with Crippen molar-refractivity contribution in [2.45, 2.75) is 26.2 Å². The smallest absolute Gasteiger partial charge is 0.378 e. The number of hydrogen-bond acceptors (Lipinski definition) is 4. The van der Waals surface area contributed by atoms with Crippen molar-refractivity contribution in [3.05, 3.63) is 68.7 Å². The SMILES string of the molecule is CCn1c(=O)c2ccccc2n2c(CNc3ccc(Br)c(C(F)(F)F)c3)nnc12. The maximum Gasteiger partial charge on any atom is 0.417 e. The first kappa shape index (κ1) is 19.4. The molecule has 0 atom stereocenters. The molecule has 6 nitrogen and oxygen atoms in total. The zero-order valence-electron chi connectivity index (χ0n) is 15.2. The third-order valence-electron chi connectivity index (χ3n) is 4.61. The molecule has 0 unspecified atom stereocenters. The number of halogens is 4. The predicted octanol–water partition coefficient (Wildman–Crippen LogP) is 4.46. The zero-order chi connectivity index (χ0) is 20.8. The largest absolute Gasteiger partial charge is 0.417 e. The fourth-order valence-electron chi connectivity index (χ4n) is 3.25. The lowest BCUT2D eigenvalue weighted by atomic mass is 10.2. The minimum absolute atomic E-state index is 0.0264. The number of fused-ring (bicyclic) bond motifs is 3. The van der Waals surface area contributed by atoms with Gasteiger partial charge in [0.25, 0.3) is 5.56 Å². The van der Waals surface area contributed by atoms with Crippen molar-refractivity contribution in [1.29, 1.82) is 0 Å². The summed E-state index contributed by atoms with van der Waals surface area (Å²) in [4.78, 5) is 12.7. The van der Waals surface area contributed by atoms with Gasteiger partial charge in [-0.15, -0.1) is 10.2 Å². The second-order valence-corrected chi connectivity index (χ2v) is 7.22. The van der Waals surface area contributed by atoms with Crippen molar-refractivity contribution in [3.63, 3.8) is 0 Å². The Bertz CT molecular complexity index is 1280. The lowest BCUT2D eigenvalue weighted by Gasteiger charge is -2.13. The van der Waals surface area contributed by atoms with E-state index in [1.165, 1.54) is 10.6 Å². The number of benzene rings is 2. The number of anilines is 1. The molecule has 0 saturated heterocycles. The summed E-state index contributed by atoms with van der Waals surface area (Å²) in [5, 5.41) is 11.8. The van der Waals surface area contributed by atoms with E-state index in [9.17, 15) is 18.0 Å². The Balaban J connectivity index is 1.77. The van der Waals surface area contributed by atoms with Crippen molar-refractivity contribution in [2.75, 3.05) is 5.32 Å². The van der Waals surface area contributed by atoms with Crippen LogP contribution in [-0.2, 0) is 19.3 Å². The fraction of sp³-hybridized carbons (Fsp3) is 0.211. The van der Waals surface area contributed by atoms with Gasteiger partial charge in [0.05, 0.1) is 23.0 Å². The molecule has 0 aliphatic carbocycles. The molecule has 1 N–H and O–H groups in total. The molecular weight excluding hydrogens is 451 g/mol. The Kier molecular flexibility index (Phi) is 4.81. The summed E-state index contributed by atoms with van der Waals surface area (Å²) in [6, 6.07) is 11.0. The number of rotatable bonds is 4. The molecule has 10 heteroatoms. The normalized spacial score (nSPS) is 12.0. The highest BCUT2D eigenvalue weighted by Crippen LogP contribution is 2.36. The molecule has 0 spiro atoms. The Labute approximate surface area is 171 Å². The fourth-order valence-corrected chi connectivity index (χ4v) is 3.72. The van der Waals surface area contributed by atoms with Crippen LogP contribution in [0.4, 0.5) is 18.9 Å². The first-order chi connectivity index (χ1) is 13.8. The van der Waals surface area contributed by atoms with Crippen molar-refractivity contribution in [3.8, 4) is 0 Å². The van der Waals surface area contributed by atoms with E-state index in [2.05, 4.69) is 31.4 Å². The van der Waals surface area contributed by atoms with Crippen molar-refractivity contribution in [1.82, 2.24) is 19.2 Å². The number of para-hydroxylation sites is 1. The number of nitrogens with one attached hydrogen (secondary N) is 1. The molecule has 4 rings (SSSR count). The Hall–Kier alpha value is -2.88. The molecular formula is C19H15BrF3N5O. The van der Waals surface area contributed by atoms with Crippen LogP contribution >= 0.6 is 15.9 Å². The summed E-state index contributed by atoms with van der Waals surface area (Å²) in [7, 11) is 0. The molecule has 0 aliphatic heterocycles. The van der Waals surface area contributed by atoms with Crippen LogP contribution in [0.3, 0.4) is 0 Å². The molecule has 0 bridgehead atoms. The molecule has 29 heavy (non-hydrogen) atoms. The van der Waals surface area contributed by atoms with Gasteiger partial charge in [-0.25, -0.2) is 0 Å². The van der Waals surface area contributed by atoms with E-state index in [0.717, 1.165) is 6.07 Å². The van der Waals surface area contributed by atoms with E-state index in [4.69, 9.17) is 0 Å². The third kappa shape index (κ3) is 3.37. The number of hydrogen-bond donors (Lipinski definition) is 1. The van der Waals surface area contributed by atoms with E-state index in [1.807, 2.05) is 6.92 Å². The summed E-state index contributed by atoms with van der Waals surface area (Å²) < 4.78 is 42.6. The van der Waals surface area contributed by atoms with Crippen LogP contribution in [-0.4, -0.2) is 19.2 Å². The minimum atomic E-state index is -4.47. The monoisotopic (exact) mass is 465 g/mol.